The molecule has 2 nitrogen and oxygen atoms in total. The van der Waals surface area contributed by atoms with Gasteiger partial charge in [-0.15, -0.1) is 0 Å². The van der Waals surface area contributed by atoms with Gasteiger partial charge in [-0.1, -0.05) is 30.3 Å². The molecule has 1 N–H and O–H groups in total. The number of aliphatic hydroxyl groups is 1. The number of halogens is 1. The minimum atomic E-state index is -0.864. The summed E-state index contributed by atoms with van der Waals surface area (Å²) >= 11 is 0. The summed E-state index contributed by atoms with van der Waals surface area (Å²) < 4.78 is 13.3. The highest BCUT2D eigenvalue weighted by Crippen LogP contribution is 2.29. The molecule has 3 heteroatoms. The van der Waals surface area contributed by atoms with Crippen LogP contribution in [0.3, 0.4) is 0 Å². The Bertz CT molecular complexity index is 770. The highest BCUT2D eigenvalue weighted by Gasteiger charge is 2.15. The highest BCUT2D eigenvalue weighted by atomic mass is 19.1. The molecule has 0 saturated heterocycles. The van der Waals surface area contributed by atoms with E-state index in [2.05, 4.69) is 4.98 Å². The lowest BCUT2D eigenvalue weighted by Gasteiger charge is -2.15. The summed E-state index contributed by atoms with van der Waals surface area (Å²) in [5.74, 6) is -0.350. The fourth-order valence-electron chi connectivity index (χ4n) is 2.42. The molecular weight excluding hydrogens is 253 g/mol. The summed E-state index contributed by atoms with van der Waals surface area (Å²) in [5.41, 5.74) is 2.95. The molecular formula is C17H14FNO. The number of rotatable bonds is 2. The number of fused-ring (bicyclic) bond motifs is 1. The van der Waals surface area contributed by atoms with Crippen LogP contribution < -0.4 is 0 Å². The summed E-state index contributed by atoms with van der Waals surface area (Å²) in [6.45, 7) is 1.88. The van der Waals surface area contributed by atoms with Gasteiger partial charge in [-0.05, 0) is 42.3 Å². The molecule has 20 heavy (non-hydrogen) atoms. The number of aliphatic hydroxyl groups excluding tert-OH is 1. The van der Waals surface area contributed by atoms with E-state index in [9.17, 15) is 9.50 Å². The Hall–Kier alpha value is -2.26. The van der Waals surface area contributed by atoms with Gasteiger partial charge in [0.25, 0.3) is 0 Å². The second kappa shape index (κ2) is 5.02. The van der Waals surface area contributed by atoms with Crippen LogP contribution >= 0.6 is 0 Å². The predicted molar refractivity (Wildman–Crippen MR) is 76.9 cm³/mol. The fourth-order valence-corrected chi connectivity index (χ4v) is 2.42. The van der Waals surface area contributed by atoms with Crippen molar-refractivity contribution in [2.24, 2.45) is 0 Å². The minimum absolute atomic E-state index is 0.350. The third kappa shape index (κ3) is 2.28. The normalized spacial score (nSPS) is 12.6. The van der Waals surface area contributed by atoms with E-state index in [0.717, 1.165) is 22.2 Å². The largest absolute Gasteiger partial charge is 0.384 e. The Morgan fingerprint density at radius 3 is 2.65 bits per heavy atom. The van der Waals surface area contributed by atoms with Gasteiger partial charge in [0.2, 0.25) is 0 Å². The molecule has 100 valence electrons. The molecule has 0 aliphatic heterocycles. The van der Waals surface area contributed by atoms with Gasteiger partial charge in [-0.3, -0.25) is 4.98 Å². The predicted octanol–water partition coefficient (Wildman–Crippen LogP) is 3.76. The maximum Gasteiger partial charge on any atom is 0.123 e. The second-order valence-corrected chi connectivity index (χ2v) is 4.83. The van der Waals surface area contributed by atoms with E-state index >= 15 is 0 Å². The lowest BCUT2D eigenvalue weighted by Crippen LogP contribution is -2.02. The van der Waals surface area contributed by atoms with E-state index in [1.807, 2.05) is 37.3 Å². The summed E-state index contributed by atoms with van der Waals surface area (Å²) in [7, 11) is 0. The SMILES string of the molecule is Cc1cc(C(O)c2cccc(F)c2)c2ccccc2n1. The molecule has 0 aliphatic carbocycles. The minimum Gasteiger partial charge on any atom is -0.384 e. The van der Waals surface area contributed by atoms with Crippen molar-refractivity contribution in [1.82, 2.24) is 4.98 Å². The third-order valence-electron chi connectivity index (χ3n) is 3.34. The van der Waals surface area contributed by atoms with Crippen LogP contribution in [0.2, 0.25) is 0 Å². The van der Waals surface area contributed by atoms with E-state index in [-0.39, 0.29) is 5.82 Å². The number of hydrogen-bond acceptors (Lipinski definition) is 2. The first kappa shape index (κ1) is 12.8. The molecule has 0 aliphatic rings. The van der Waals surface area contributed by atoms with Crippen LogP contribution in [0.1, 0.15) is 22.9 Å². The molecule has 1 aromatic heterocycles. The molecule has 0 amide bonds. The van der Waals surface area contributed by atoms with Crippen LogP contribution in [0.25, 0.3) is 10.9 Å². The van der Waals surface area contributed by atoms with Gasteiger partial charge < -0.3 is 5.11 Å². The summed E-state index contributed by atoms with van der Waals surface area (Å²) in [5, 5.41) is 11.4. The number of para-hydroxylation sites is 1. The molecule has 3 aromatic rings. The van der Waals surface area contributed by atoms with Gasteiger partial charge in [-0.25, -0.2) is 4.39 Å². The maximum atomic E-state index is 13.3. The van der Waals surface area contributed by atoms with E-state index in [1.165, 1.54) is 12.1 Å². The Labute approximate surface area is 116 Å². The van der Waals surface area contributed by atoms with Gasteiger partial charge in [0.05, 0.1) is 5.52 Å². The van der Waals surface area contributed by atoms with Gasteiger partial charge in [-0.2, -0.15) is 0 Å². The zero-order chi connectivity index (χ0) is 14.1. The van der Waals surface area contributed by atoms with Gasteiger partial charge in [0.1, 0.15) is 11.9 Å². The maximum absolute atomic E-state index is 13.3. The van der Waals surface area contributed by atoms with Crippen molar-refractivity contribution in [2.75, 3.05) is 0 Å². The standard InChI is InChI=1S/C17H14FNO/c1-11-9-15(14-7-2-3-8-16(14)19-11)17(20)12-5-4-6-13(18)10-12/h2-10,17,20H,1H3. The van der Waals surface area contributed by atoms with Crippen LogP contribution in [-0.4, -0.2) is 10.1 Å². The van der Waals surface area contributed by atoms with Crippen LogP contribution in [0.5, 0.6) is 0 Å². The lowest BCUT2D eigenvalue weighted by molar-refractivity contribution is 0.221. The number of hydrogen-bond donors (Lipinski definition) is 1. The Balaban J connectivity index is 2.18. The quantitative estimate of drug-likeness (QED) is 0.766. The number of pyridine rings is 1. The van der Waals surface area contributed by atoms with Crippen molar-refractivity contribution in [3.63, 3.8) is 0 Å². The molecule has 3 rings (SSSR count). The van der Waals surface area contributed by atoms with E-state index in [1.54, 1.807) is 12.1 Å². The molecule has 1 unspecified atom stereocenters. The van der Waals surface area contributed by atoms with Crippen molar-refractivity contribution in [1.29, 1.82) is 0 Å². The Morgan fingerprint density at radius 2 is 1.85 bits per heavy atom. The first-order valence-corrected chi connectivity index (χ1v) is 6.45. The molecule has 2 aromatic carbocycles. The molecule has 0 radical (unpaired) electrons. The molecule has 0 saturated carbocycles. The zero-order valence-corrected chi connectivity index (χ0v) is 11.0. The number of benzene rings is 2. The molecule has 1 atom stereocenters. The van der Waals surface area contributed by atoms with Crippen LogP contribution in [0.15, 0.2) is 54.6 Å². The topological polar surface area (TPSA) is 33.1 Å². The smallest absolute Gasteiger partial charge is 0.123 e. The van der Waals surface area contributed by atoms with Gasteiger partial charge >= 0.3 is 0 Å². The van der Waals surface area contributed by atoms with Crippen molar-refractivity contribution < 1.29 is 9.50 Å². The van der Waals surface area contributed by atoms with Crippen molar-refractivity contribution in [2.45, 2.75) is 13.0 Å². The number of aromatic nitrogens is 1. The van der Waals surface area contributed by atoms with Gasteiger partial charge in [0.15, 0.2) is 0 Å². The Morgan fingerprint density at radius 1 is 1.05 bits per heavy atom. The van der Waals surface area contributed by atoms with Crippen molar-refractivity contribution in [3.8, 4) is 0 Å². The summed E-state index contributed by atoms with van der Waals surface area (Å²) in [4.78, 5) is 4.44. The van der Waals surface area contributed by atoms with Crippen molar-refractivity contribution in [3.05, 3.63) is 77.2 Å². The fraction of sp³-hybridized carbons (Fsp3) is 0.118. The van der Waals surface area contributed by atoms with Crippen LogP contribution in [-0.2, 0) is 0 Å². The van der Waals surface area contributed by atoms with Gasteiger partial charge in [0, 0.05) is 11.1 Å². The molecule has 0 spiro atoms. The van der Waals surface area contributed by atoms with Crippen LogP contribution in [0.4, 0.5) is 4.39 Å². The Kier molecular flexibility index (Phi) is 3.20. The average molecular weight is 267 g/mol. The molecule has 0 bridgehead atoms. The number of nitrogens with zero attached hydrogens (tertiary/aromatic N) is 1. The summed E-state index contributed by atoms with van der Waals surface area (Å²) in [6, 6.07) is 15.5. The highest BCUT2D eigenvalue weighted by molar-refractivity contribution is 5.83. The van der Waals surface area contributed by atoms with Crippen molar-refractivity contribution >= 4 is 10.9 Å². The lowest BCUT2D eigenvalue weighted by atomic mass is 9.97. The first-order chi connectivity index (χ1) is 9.65. The van der Waals surface area contributed by atoms with E-state index in [4.69, 9.17) is 0 Å². The second-order valence-electron chi connectivity index (χ2n) is 4.83. The first-order valence-electron chi connectivity index (χ1n) is 6.45. The average Bonchev–Trinajstić information content (AvgIpc) is 2.45. The monoisotopic (exact) mass is 267 g/mol. The molecule has 1 heterocycles. The van der Waals surface area contributed by atoms with E-state index < -0.39 is 6.10 Å². The summed E-state index contributed by atoms with van der Waals surface area (Å²) in [6.07, 6.45) is -0.864. The zero-order valence-electron chi connectivity index (χ0n) is 11.0. The third-order valence-corrected chi connectivity index (χ3v) is 3.34. The van der Waals surface area contributed by atoms with Crippen LogP contribution in [0, 0.1) is 12.7 Å². The van der Waals surface area contributed by atoms with E-state index in [0.29, 0.717) is 5.56 Å². The molecule has 0 fully saturated rings. The number of aryl methyl sites for hydroxylation is 1.